The van der Waals surface area contributed by atoms with Crippen molar-refractivity contribution < 1.29 is 4.74 Å². The van der Waals surface area contributed by atoms with Crippen LogP contribution in [0.3, 0.4) is 0 Å². The Morgan fingerprint density at radius 2 is 2.29 bits per heavy atom. The fourth-order valence-electron chi connectivity index (χ4n) is 1.000. The highest BCUT2D eigenvalue weighted by Gasteiger charge is 2.01. The lowest BCUT2D eigenvalue weighted by Crippen LogP contribution is -1.96. The van der Waals surface area contributed by atoms with Crippen LogP contribution in [0.4, 0.5) is 0 Å². The van der Waals surface area contributed by atoms with Gasteiger partial charge in [0.25, 0.3) is 0 Å². The van der Waals surface area contributed by atoms with Gasteiger partial charge >= 0.3 is 0 Å². The smallest absolute Gasteiger partial charge is 0.171 e. The summed E-state index contributed by atoms with van der Waals surface area (Å²) in [5.74, 6) is 0.573. The Morgan fingerprint density at radius 3 is 3.00 bits per heavy atom. The maximum absolute atomic E-state index is 5.80. The van der Waals surface area contributed by atoms with Crippen molar-refractivity contribution in [3.8, 4) is 5.75 Å². The zero-order valence-corrected chi connectivity index (χ0v) is 8.03. The van der Waals surface area contributed by atoms with Crippen LogP contribution in [-0.2, 0) is 6.61 Å². The van der Waals surface area contributed by atoms with E-state index >= 15 is 0 Å². The van der Waals surface area contributed by atoms with Crippen molar-refractivity contribution >= 4 is 11.6 Å². The van der Waals surface area contributed by atoms with Crippen LogP contribution in [0.15, 0.2) is 30.6 Å². The summed E-state index contributed by atoms with van der Waals surface area (Å²) in [7, 11) is 0. The van der Waals surface area contributed by atoms with Gasteiger partial charge < -0.3 is 4.74 Å². The van der Waals surface area contributed by atoms with Crippen LogP contribution in [0.25, 0.3) is 0 Å². The number of aromatic nitrogens is 3. The van der Waals surface area contributed by atoms with E-state index in [1.165, 1.54) is 0 Å². The first kappa shape index (κ1) is 9.02. The number of halogens is 1. The maximum Gasteiger partial charge on any atom is 0.171 e. The fraction of sp³-hybridized carbons (Fsp3) is 0.111. The molecule has 0 bridgehead atoms. The lowest BCUT2D eigenvalue weighted by Gasteiger charge is -2.04. The zero-order chi connectivity index (χ0) is 9.80. The molecule has 0 aliphatic carbocycles. The normalized spacial score (nSPS) is 10.1. The monoisotopic (exact) mass is 209 g/mol. The molecule has 2 aromatic rings. The molecule has 0 aliphatic rings. The lowest BCUT2D eigenvalue weighted by atomic mass is 10.4. The van der Waals surface area contributed by atoms with Gasteiger partial charge in [0.05, 0.1) is 5.69 Å². The van der Waals surface area contributed by atoms with Gasteiger partial charge in [-0.25, -0.2) is 4.98 Å². The summed E-state index contributed by atoms with van der Waals surface area (Å²) in [4.78, 5) is 3.89. The van der Waals surface area contributed by atoms with E-state index in [0.29, 0.717) is 17.5 Å². The summed E-state index contributed by atoms with van der Waals surface area (Å²) in [5.41, 5.74) is 0.893. The predicted molar refractivity (Wildman–Crippen MR) is 52.2 cm³/mol. The largest absolute Gasteiger partial charge is 0.484 e. The standard InChI is InChI=1S/C9H8ClN3O/c10-9-8(2-1-4-11-9)14-6-7-3-5-12-13-7/h1-5H,6H2,(H,12,13). The van der Waals surface area contributed by atoms with Gasteiger partial charge in [0.15, 0.2) is 10.9 Å². The van der Waals surface area contributed by atoms with E-state index in [0.717, 1.165) is 5.69 Å². The predicted octanol–water partition coefficient (Wildman–Crippen LogP) is 2.04. The first-order chi connectivity index (χ1) is 6.86. The molecule has 14 heavy (non-hydrogen) atoms. The third-order valence-electron chi connectivity index (χ3n) is 1.67. The van der Waals surface area contributed by atoms with E-state index in [1.807, 2.05) is 6.07 Å². The topological polar surface area (TPSA) is 50.8 Å². The summed E-state index contributed by atoms with van der Waals surface area (Å²) >= 11 is 5.80. The molecule has 2 aromatic heterocycles. The van der Waals surface area contributed by atoms with Crippen molar-refractivity contribution in [2.24, 2.45) is 0 Å². The van der Waals surface area contributed by atoms with Crippen LogP contribution in [0.5, 0.6) is 5.75 Å². The molecule has 2 heterocycles. The first-order valence-electron chi connectivity index (χ1n) is 4.08. The minimum absolute atomic E-state index is 0.368. The van der Waals surface area contributed by atoms with Gasteiger partial charge in [-0.15, -0.1) is 0 Å². The molecular formula is C9H8ClN3O. The molecule has 2 rings (SSSR count). The Labute approximate surface area is 85.9 Å². The number of pyridine rings is 1. The van der Waals surface area contributed by atoms with Crippen molar-refractivity contribution in [2.75, 3.05) is 0 Å². The Balaban J connectivity index is 2.02. The van der Waals surface area contributed by atoms with E-state index < -0.39 is 0 Å². The van der Waals surface area contributed by atoms with E-state index in [-0.39, 0.29) is 0 Å². The number of rotatable bonds is 3. The molecule has 0 unspecified atom stereocenters. The number of nitrogens with one attached hydrogen (secondary N) is 1. The first-order valence-corrected chi connectivity index (χ1v) is 4.45. The third-order valence-corrected chi connectivity index (χ3v) is 1.95. The van der Waals surface area contributed by atoms with Gasteiger partial charge in [-0.05, 0) is 18.2 Å². The van der Waals surface area contributed by atoms with Crippen molar-refractivity contribution in [3.63, 3.8) is 0 Å². The molecule has 5 heteroatoms. The van der Waals surface area contributed by atoms with Crippen LogP contribution in [0.1, 0.15) is 5.69 Å². The Morgan fingerprint density at radius 1 is 1.36 bits per heavy atom. The second-order valence-corrected chi connectivity index (χ2v) is 3.02. The minimum Gasteiger partial charge on any atom is -0.484 e. The summed E-state index contributed by atoms with van der Waals surface area (Å²) in [6.07, 6.45) is 3.29. The van der Waals surface area contributed by atoms with Crippen LogP contribution in [0, 0.1) is 0 Å². The molecule has 0 fully saturated rings. The second kappa shape index (κ2) is 4.11. The van der Waals surface area contributed by atoms with Crippen molar-refractivity contribution in [3.05, 3.63) is 41.4 Å². The summed E-state index contributed by atoms with van der Waals surface area (Å²) in [5, 5.41) is 6.96. The number of H-pyrrole nitrogens is 1. The number of nitrogens with zero attached hydrogens (tertiary/aromatic N) is 2. The van der Waals surface area contributed by atoms with E-state index in [2.05, 4.69) is 15.2 Å². The molecule has 0 amide bonds. The van der Waals surface area contributed by atoms with Crippen LogP contribution in [0.2, 0.25) is 5.15 Å². The molecule has 0 spiro atoms. The molecule has 4 nitrogen and oxygen atoms in total. The molecule has 1 N–H and O–H groups in total. The molecule has 0 saturated heterocycles. The molecule has 0 radical (unpaired) electrons. The average molecular weight is 210 g/mol. The van der Waals surface area contributed by atoms with Crippen LogP contribution < -0.4 is 4.74 Å². The summed E-state index contributed by atoms with van der Waals surface area (Å²) < 4.78 is 5.42. The molecule has 0 saturated carbocycles. The molecule has 0 atom stereocenters. The SMILES string of the molecule is Clc1ncccc1OCc1ccn[nH]1. The highest BCUT2D eigenvalue weighted by molar-refractivity contribution is 6.30. The van der Waals surface area contributed by atoms with Gasteiger partial charge in [0.2, 0.25) is 0 Å². The fourth-order valence-corrected chi connectivity index (χ4v) is 1.17. The third kappa shape index (κ3) is 2.03. The molecule has 0 aliphatic heterocycles. The average Bonchev–Trinajstić information content (AvgIpc) is 2.69. The summed E-state index contributed by atoms with van der Waals surface area (Å²) in [6, 6.07) is 5.38. The van der Waals surface area contributed by atoms with Gasteiger partial charge in [-0.3, -0.25) is 5.10 Å². The molecular weight excluding hydrogens is 202 g/mol. The van der Waals surface area contributed by atoms with E-state index in [9.17, 15) is 0 Å². The summed E-state index contributed by atoms with van der Waals surface area (Å²) in [6.45, 7) is 0.408. The second-order valence-electron chi connectivity index (χ2n) is 2.66. The van der Waals surface area contributed by atoms with Crippen molar-refractivity contribution in [2.45, 2.75) is 6.61 Å². The quantitative estimate of drug-likeness (QED) is 0.787. The Hall–Kier alpha value is -1.55. The minimum atomic E-state index is 0.368. The number of aromatic amines is 1. The van der Waals surface area contributed by atoms with Gasteiger partial charge in [-0.2, -0.15) is 5.10 Å². The zero-order valence-electron chi connectivity index (χ0n) is 7.27. The van der Waals surface area contributed by atoms with Gasteiger partial charge in [0.1, 0.15) is 6.61 Å². The number of ether oxygens (including phenoxy) is 1. The van der Waals surface area contributed by atoms with Gasteiger partial charge in [0, 0.05) is 12.4 Å². The number of hydrogen-bond donors (Lipinski definition) is 1. The number of hydrogen-bond acceptors (Lipinski definition) is 3. The molecule has 72 valence electrons. The van der Waals surface area contributed by atoms with Crippen LogP contribution >= 0.6 is 11.6 Å². The van der Waals surface area contributed by atoms with Crippen LogP contribution in [-0.4, -0.2) is 15.2 Å². The van der Waals surface area contributed by atoms with Gasteiger partial charge in [-0.1, -0.05) is 11.6 Å². The van der Waals surface area contributed by atoms with E-state index in [4.69, 9.17) is 16.3 Å². The Bertz CT molecular complexity index is 402. The Kier molecular flexibility index (Phi) is 2.65. The van der Waals surface area contributed by atoms with Crippen molar-refractivity contribution in [1.82, 2.24) is 15.2 Å². The molecule has 0 aromatic carbocycles. The lowest BCUT2D eigenvalue weighted by molar-refractivity contribution is 0.300. The highest BCUT2D eigenvalue weighted by atomic mass is 35.5. The van der Waals surface area contributed by atoms with Crippen molar-refractivity contribution in [1.29, 1.82) is 0 Å². The van der Waals surface area contributed by atoms with E-state index in [1.54, 1.807) is 24.5 Å². The maximum atomic E-state index is 5.80. The highest BCUT2D eigenvalue weighted by Crippen LogP contribution is 2.20.